The second kappa shape index (κ2) is 6.08. The van der Waals surface area contributed by atoms with Crippen LogP contribution in [0.5, 0.6) is 5.75 Å². The van der Waals surface area contributed by atoms with Gasteiger partial charge in [0.25, 0.3) is 17.0 Å². The van der Waals surface area contributed by atoms with E-state index in [4.69, 9.17) is 4.74 Å². The minimum Gasteiger partial charge on any atom is -0.485 e. The van der Waals surface area contributed by atoms with Crippen LogP contribution in [0.3, 0.4) is 0 Å². The summed E-state index contributed by atoms with van der Waals surface area (Å²) in [5.74, 6) is -0.0364. The van der Waals surface area contributed by atoms with Gasteiger partial charge in [-0.1, -0.05) is 12.8 Å². The Kier molecular flexibility index (Phi) is 4.21. The van der Waals surface area contributed by atoms with Crippen LogP contribution in [0.1, 0.15) is 35.8 Å². The molecule has 3 N–H and O–H groups in total. The first-order chi connectivity index (χ1) is 11.7. The average Bonchev–Trinajstić information content (AvgIpc) is 2.57. The molecule has 0 bridgehead atoms. The number of carbonyl (C=O) groups excluding carboxylic acids is 1. The lowest BCUT2D eigenvalue weighted by Crippen LogP contribution is -2.53. The Labute approximate surface area is 148 Å². The minimum absolute atomic E-state index is 0.278. The molecule has 8 nitrogen and oxygen atoms in total. The van der Waals surface area contributed by atoms with Crippen LogP contribution < -0.4 is 20.6 Å². The number of fused-ring (bicyclic) bond motifs is 1. The third kappa shape index (κ3) is 2.96. The first-order valence-corrected chi connectivity index (χ1v) is 7.96. The number of thiol groups is 1. The summed E-state index contributed by atoms with van der Waals surface area (Å²) in [7, 11) is 0. The quantitative estimate of drug-likeness (QED) is 0.571. The van der Waals surface area contributed by atoms with E-state index < -0.39 is 34.8 Å². The molecule has 1 aromatic heterocycles. The normalized spacial score (nSPS) is 21.1. The van der Waals surface area contributed by atoms with E-state index in [-0.39, 0.29) is 5.56 Å². The monoisotopic (exact) mass is 363 g/mol. The lowest BCUT2D eigenvalue weighted by atomic mass is 9.86. The number of ether oxygens (including phenoxy) is 1. The highest BCUT2D eigenvalue weighted by atomic mass is 32.1. The van der Waals surface area contributed by atoms with E-state index in [0.717, 1.165) is 16.8 Å². The molecule has 0 saturated heterocycles. The predicted molar refractivity (Wildman–Crippen MR) is 93.1 cm³/mol. The molecule has 0 saturated carbocycles. The SMILES string of the molecule is CC1(C)Oc2ccc(C(=O)NS)cc2C(n2[nH]c(=O)ccc2=O)C1O. The van der Waals surface area contributed by atoms with Crippen LogP contribution in [-0.2, 0) is 0 Å². The number of amides is 1. The van der Waals surface area contributed by atoms with Gasteiger partial charge in [-0.25, -0.2) is 4.68 Å². The van der Waals surface area contributed by atoms with Gasteiger partial charge in [0.1, 0.15) is 23.5 Å². The Balaban J connectivity index is 2.26. The number of hydrogen-bond acceptors (Lipinski definition) is 6. The maximum atomic E-state index is 12.3. The fraction of sp³-hybridized carbons (Fsp3) is 0.312. The molecule has 3 rings (SSSR count). The number of carbonyl (C=O) groups is 1. The Morgan fingerprint density at radius 1 is 1.32 bits per heavy atom. The van der Waals surface area contributed by atoms with Gasteiger partial charge < -0.3 is 9.84 Å². The maximum Gasteiger partial charge on any atom is 0.265 e. The largest absolute Gasteiger partial charge is 0.485 e. The van der Waals surface area contributed by atoms with Crippen molar-refractivity contribution < 1.29 is 14.6 Å². The Morgan fingerprint density at radius 3 is 2.72 bits per heavy atom. The molecule has 1 aliphatic heterocycles. The van der Waals surface area contributed by atoms with E-state index in [0.29, 0.717) is 11.3 Å². The van der Waals surface area contributed by atoms with Gasteiger partial charge in [0, 0.05) is 23.3 Å². The van der Waals surface area contributed by atoms with Crippen molar-refractivity contribution in [3.63, 3.8) is 0 Å². The number of aliphatic hydroxyl groups excluding tert-OH is 1. The second-order valence-electron chi connectivity index (χ2n) is 6.31. The summed E-state index contributed by atoms with van der Waals surface area (Å²) in [6.45, 7) is 3.35. The smallest absolute Gasteiger partial charge is 0.265 e. The fourth-order valence-electron chi connectivity index (χ4n) is 2.90. The van der Waals surface area contributed by atoms with Crippen LogP contribution in [-0.4, -0.2) is 32.5 Å². The summed E-state index contributed by atoms with van der Waals surface area (Å²) in [4.78, 5) is 35.8. The number of nitrogens with zero attached hydrogens (tertiary/aromatic N) is 1. The number of aromatic amines is 1. The summed E-state index contributed by atoms with van der Waals surface area (Å²) in [5.41, 5.74) is -1.30. The highest BCUT2D eigenvalue weighted by Crippen LogP contribution is 2.41. The number of aromatic nitrogens is 2. The van der Waals surface area contributed by atoms with E-state index in [9.17, 15) is 19.5 Å². The number of nitrogens with one attached hydrogen (secondary N) is 2. The molecular formula is C16H17N3O5S. The number of benzene rings is 1. The van der Waals surface area contributed by atoms with Gasteiger partial charge in [-0.2, -0.15) is 0 Å². The second-order valence-corrected chi connectivity index (χ2v) is 6.53. The van der Waals surface area contributed by atoms with Crippen LogP contribution in [0.2, 0.25) is 0 Å². The Bertz CT molecular complexity index is 949. The van der Waals surface area contributed by atoms with Gasteiger partial charge in [0.05, 0.1) is 0 Å². The summed E-state index contributed by atoms with van der Waals surface area (Å²) in [5, 5.41) is 13.2. The van der Waals surface area contributed by atoms with Crippen LogP contribution >= 0.6 is 12.8 Å². The zero-order valence-electron chi connectivity index (χ0n) is 13.5. The zero-order chi connectivity index (χ0) is 18.4. The van der Waals surface area contributed by atoms with Crippen molar-refractivity contribution in [1.29, 1.82) is 0 Å². The van der Waals surface area contributed by atoms with Crippen molar-refractivity contribution >= 4 is 18.7 Å². The molecular weight excluding hydrogens is 346 g/mol. The van der Waals surface area contributed by atoms with E-state index in [1.165, 1.54) is 6.07 Å². The lowest BCUT2D eigenvalue weighted by molar-refractivity contribution is -0.0668. The van der Waals surface area contributed by atoms with Crippen molar-refractivity contribution in [3.05, 3.63) is 62.2 Å². The number of hydrogen-bond donors (Lipinski definition) is 4. The highest BCUT2D eigenvalue weighted by Gasteiger charge is 2.44. The van der Waals surface area contributed by atoms with E-state index >= 15 is 0 Å². The molecule has 9 heteroatoms. The molecule has 1 aliphatic rings. The van der Waals surface area contributed by atoms with Crippen LogP contribution in [0.4, 0.5) is 0 Å². The zero-order valence-corrected chi connectivity index (χ0v) is 14.4. The van der Waals surface area contributed by atoms with Crippen molar-refractivity contribution in [1.82, 2.24) is 14.5 Å². The average molecular weight is 363 g/mol. The number of aliphatic hydroxyl groups is 1. The Hall–Kier alpha value is -2.52. The summed E-state index contributed by atoms with van der Waals surface area (Å²) in [6, 6.07) is 5.94. The number of H-pyrrole nitrogens is 1. The van der Waals surface area contributed by atoms with E-state index in [1.807, 2.05) is 0 Å². The first kappa shape index (κ1) is 17.3. The number of rotatable bonds is 2. The van der Waals surface area contributed by atoms with Gasteiger partial charge in [-0.3, -0.25) is 24.2 Å². The molecule has 132 valence electrons. The molecule has 0 radical (unpaired) electrons. The van der Waals surface area contributed by atoms with E-state index in [2.05, 4.69) is 22.6 Å². The first-order valence-electron chi connectivity index (χ1n) is 7.52. The van der Waals surface area contributed by atoms with Crippen molar-refractivity contribution in [2.45, 2.75) is 31.6 Å². The molecule has 2 atom stereocenters. The summed E-state index contributed by atoms with van der Waals surface area (Å²) in [6.07, 6.45) is -1.15. The van der Waals surface area contributed by atoms with Crippen LogP contribution in [0.15, 0.2) is 39.9 Å². The van der Waals surface area contributed by atoms with Crippen molar-refractivity contribution in [2.75, 3.05) is 0 Å². The van der Waals surface area contributed by atoms with Gasteiger partial charge in [0.15, 0.2) is 0 Å². The summed E-state index contributed by atoms with van der Waals surface area (Å²) < 4.78 is 9.08. The molecule has 0 aliphatic carbocycles. The molecule has 1 aromatic carbocycles. The van der Waals surface area contributed by atoms with Gasteiger partial charge in [-0.15, -0.1) is 0 Å². The van der Waals surface area contributed by atoms with Crippen molar-refractivity contribution in [2.24, 2.45) is 0 Å². The van der Waals surface area contributed by atoms with E-state index in [1.54, 1.807) is 26.0 Å². The summed E-state index contributed by atoms with van der Waals surface area (Å²) >= 11 is 3.74. The predicted octanol–water partition coefficient (Wildman–Crippen LogP) is 0.232. The Morgan fingerprint density at radius 2 is 2.04 bits per heavy atom. The fourth-order valence-corrected chi connectivity index (χ4v) is 3.03. The van der Waals surface area contributed by atoms with Gasteiger partial charge >= 0.3 is 0 Å². The highest BCUT2D eigenvalue weighted by molar-refractivity contribution is 7.78. The molecule has 0 fully saturated rings. The molecule has 0 spiro atoms. The third-order valence-electron chi connectivity index (χ3n) is 4.20. The standard InChI is InChI=1S/C16H17N3O5S/c1-16(2)14(22)13(19-12(21)6-5-11(20)17-19)9-7-8(15(23)18-25)3-4-10(9)24-16/h3-7,13-14,22,25H,1-2H3,(H,17,20)(H,18,23). The molecule has 2 aromatic rings. The lowest BCUT2D eigenvalue weighted by Gasteiger charge is -2.42. The van der Waals surface area contributed by atoms with Crippen LogP contribution in [0.25, 0.3) is 0 Å². The van der Waals surface area contributed by atoms with Gasteiger partial charge in [-0.05, 0) is 32.0 Å². The molecule has 1 amide bonds. The third-order valence-corrected chi connectivity index (χ3v) is 4.40. The molecule has 25 heavy (non-hydrogen) atoms. The van der Waals surface area contributed by atoms with Gasteiger partial charge in [0.2, 0.25) is 0 Å². The topological polar surface area (TPSA) is 113 Å². The minimum atomic E-state index is -1.15. The molecule has 2 unspecified atom stereocenters. The maximum absolute atomic E-state index is 12.3. The van der Waals surface area contributed by atoms with Crippen LogP contribution in [0, 0.1) is 0 Å². The van der Waals surface area contributed by atoms with Crippen molar-refractivity contribution in [3.8, 4) is 5.75 Å². The molecule has 2 heterocycles.